The summed E-state index contributed by atoms with van der Waals surface area (Å²) in [6.45, 7) is 4.08. The SMILES string of the molecule is Cc1ccc(CC2(S(=O)(=O)Cl)CC2)cc1C. The second kappa shape index (κ2) is 3.74. The zero-order valence-electron chi connectivity index (χ0n) is 9.46. The molecule has 16 heavy (non-hydrogen) atoms. The number of hydrogen-bond acceptors (Lipinski definition) is 2. The molecular weight excluding hydrogens is 244 g/mol. The lowest BCUT2D eigenvalue weighted by atomic mass is 10.0. The topological polar surface area (TPSA) is 34.1 Å². The summed E-state index contributed by atoms with van der Waals surface area (Å²) in [6, 6.07) is 6.07. The molecule has 1 fully saturated rings. The fourth-order valence-electron chi connectivity index (χ4n) is 1.93. The molecule has 1 aromatic rings. The molecule has 0 aromatic heterocycles. The Morgan fingerprint density at radius 3 is 2.31 bits per heavy atom. The number of benzene rings is 1. The molecule has 0 amide bonds. The Kier molecular flexibility index (Phi) is 2.79. The molecule has 88 valence electrons. The first-order valence-corrected chi connectivity index (χ1v) is 7.65. The lowest BCUT2D eigenvalue weighted by molar-refractivity contribution is 0.590. The smallest absolute Gasteiger partial charge is 0.212 e. The average Bonchev–Trinajstić information content (AvgIpc) is 2.91. The molecular formula is C12H15ClO2S. The van der Waals surface area contributed by atoms with Crippen molar-refractivity contribution in [2.45, 2.75) is 37.9 Å². The summed E-state index contributed by atoms with van der Waals surface area (Å²) in [5.74, 6) is 0. The van der Waals surface area contributed by atoms with E-state index in [-0.39, 0.29) is 0 Å². The van der Waals surface area contributed by atoms with Crippen LogP contribution < -0.4 is 0 Å². The zero-order valence-corrected chi connectivity index (χ0v) is 11.0. The third-order valence-electron chi connectivity index (χ3n) is 3.42. The number of hydrogen-bond donors (Lipinski definition) is 0. The predicted molar refractivity (Wildman–Crippen MR) is 66.4 cm³/mol. The van der Waals surface area contributed by atoms with Crippen LogP contribution in [0.2, 0.25) is 0 Å². The first-order valence-electron chi connectivity index (χ1n) is 5.34. The normalized spacial score (nSPS) is 18.4. The van der Waals surface area contributed by atoms with Gasteiger partial charge in [-0.2, -0.15) is 0 Å². The predicted octanol–water partition coefficient (Wildman–Crippen LogP) is 2.95. The van der Waals surface area contributed by atoms with E-state index in [1.54, 1.807) is 0 Å². The minimum atomic E-state index is -3.44. The van der Waals surface area contributed by atoms with Gasteiger partial charge in [-0.15, -0.1) is 0 Å². The van der Waals surface area contributed by atoms with Crippen molar-refractivity contribution in [3.05, 3.63) is 34.9 Å². The maximum Gasteiger partial charge on any atom is 0.238 e. The second-order valence-corrected chi connectivity index (χ2v) is 7.68. The van der Waals surface area contributed by atoms with Crippen molar-refractivity contribution >= 4 is 19.7 Å². The molecule has 0 bridgehead atoms. The van der Waals surface area contributed by atoms with Gasteiger partial charge in [0.2, 0.25) is 9.05 Å². The van der Waals surface area contributed by atoms with Crippen molar-refractivity contribution in [1.29, 1.82) is 0 Å². The van der Waals surface area contributed by atoms with Gasteiger partial charge in [-0.3, -0.25) is 0 Å². The Hall–Kier alpha value is -0.540. The van der Waals surface area contributed by atoms with Crippen molar-refractivity contribution in [1.82, 2.24) is 0 Å². The van der Waals surface area contributed by atoms with Crippen molar-refractivity contribution in [3.63, 3.8) is 0 Å². The Morgan fingerprint density at radius 2 is 1.88 bits per heavy atom. The van der Waals surface area contributed by atoms with E-state index < -0.39 is 13.8 Å². The molecule has 1 aliphatic rings. The van der Waals surface area contributed by atoms with Crippen LogP contribution >= 0.6 is 10.7 Å². The van der Waals surface area contributed by atoms with Gasteiger partial charge in [0.1, 0.15) is 0 Å². The van der Waals surface area contributed by atoms with Gasteiger partial charge < -0.3 is 0 Å². The van der Waals surface area contributed by atoms with Gasteiger partial charge >= 0.3 is 0 Å². The van der Waals surface area contributed by atoms with Crippen molar-refractivity contribution in [2.24, 2.45) is 0 Å². The Labute approximate surface area is 101 Å². The lowest BCUT2D eigenvalue weighted by Crippen LogP contribution is -2.20. The second-order valence-electron chi connectivity index (χ2n) is 4.72. The minimum absolute atomic E-state index is 0.542. The summed E-state index contributed by atoms with van der Waals surface area (Å²) in [4.78, 5) is 0. The monoisotopic (exact) mass is 258 g/mol. The summed E-state index contributed by atoms with van der Waals surface area (Å²) in [7, 11) is 2.04. The van der Waals surface area contributed by atoms with Crippen LogP contribution in [0.5, 0.6) is 0 Å². The van der Waals surface area contributed by atoms with Gasteiger partial charge in [-0.25, -0.2) is 8.42 Å². The van der Waals surface area contributed by atoms with E-state index in [1.165, 1.54) is 11.1 Å². The standard InChI is InChI=1S/C12H15ClO2S/c1-9-3-4-11(7-10(9)2)8-12(5-6-12)16(13,14)15/h3-4,7H,5-6,8H2,1-2H3. The van der Waals surface area contributed by atoms with Crippen LogP contribution in [0, 0.1) is 13.8 Å². The molecule has 0 aliphatic heterocycles. The highest BCUT2D eigenvalue weighted by molar-refractivity contribution is 8.15. The van der Waals surface area contributed by atoms with Crippen LogP contribution in [0.25, 0.3) is 0 Å². The lowest BCUT2D eigenvalue weighted by Gasteiger charge is -2.12. The van der Waals surface area contributed by atoms with E-state index in [1.807, 2.05) is 26.0 Å². The van der Waals surface area contributed by atoms with E-state index >= 15 is 0 Å². The molecule has 0 N–H and O–H groups in total. The fraction of sp³-hybridized carbons (Fsp3) is 0.500. The van der Waals surface area contributed by atoms with Crippen LogP contribution in [0.4, 0.5) is 0 Å². The Morgan fingerprint density at radius 1 is 1.25 bits per heavy atom. The van der Waals surface area contributed by atoms with Crippen LogP contribution in [-0.4, -0.2) is 13.2 Å². The third kappa shape index (κ3) is 2.11. The van der Waals surface area contributed by atoms with Crippen molar-refractivity contribution in [3.8, 4) is 0 Å². The van der Waals surface area contributed by atoms with Crippen LogP contribution in [-0.2, 0) is 15.5 Å². The van der Waals surface area contributed by atoms with E-state index in [9.17, 15) is 8.42 Å². The van der Waals surface area contributed by atoms with Crippen molar-refractivity contribution in [2.75, 3.05) is 0 Å². The summed E-state index contributed by atoms with van der Waals surface area (Å²) in [5, 5.41) is 0. The molecule has 0 radical (unpaired) electrons. The first kappa shape index (κ1) is 11.9. The fourth-order valence-corrected chi connectivity index (χ4v) is 3.49. The summed E-state index contributed by atoms with van der Waals surface area (Å²) in [5.41, 5.74) is 3.48. The van der Waals surface area contributed by atoms with Gasteiger partial charge in [0.25, 0.3) is 0 Å². The zero-order chi connectivity index (χ0) is 12.0. The average molecular weight is 259 g/mol. The highest BCUT2D eigenvalue weighted by Gasteiger charge is 2.53. The molecule has 0 atom stereocenters. The number of aryl methyl sites for hydroxylation is 2. The van der Waals surface area contributed by atoms with Crippen LogP contribution in [0.3, 0.4) is 0 Å². The molecule has 2 nitrogen and oxygen atoms in total. The van der Waals surface area contributed by atoms with Crippen LogP contribution in [0.15, 0.2) is 18.2 Å². The molecule has 1 saturated carbocycles. The summed E-state index contributed by atoms with van der Waals surface area (Å²) >= 11 is 0. The molecule has 2 rings (SSSR count). The minimum Gasteiger partial charge on any atom is -0.212 e. The molecule has 1 aromatic carbocycles. The van der Waals surface area contributed by atoms with E-state index in [0.717, 1.165) is 5.56 Å². The summed E-state index contributed by atoms with van der Waals surface area (Å²) in [6.07, 6.45) is 1.91. The van der Waals surface area contributed by atoms with Crippen LogP contribution in [0.1, 0.15) is 29.5 Å². The molecule has 4 heteroatoms. The largest absolute Gasteiger partial charge is 0.238 e. The first-order chi connectivity index (χ1) is 7.34. The van der Waals surface area contributed by atoms with Gasteiger partial charge in [0, 0.05) is 10.7 Å². The molecule has 0 unspecified atom stereocenters. The highest BCUT2D eigenvalue weighted by atomic mass is 35.7. The quantitative estimate of drug-likeness (QED) is 0.782. The molecule has 0 spiro atoms. The Balaban J connectivity index is 2.26. The maximum atomic E-state index is 11.4. The Bertz CT molecular complexity index is 516. The maximum absolute atomic E-state index is 11.4. The van der Waals surface area contributed by atoms with Gasteiger partial charge in [0.15, 0.2) is 0 Å². The molecule has 1 aliphatic carbocycles. The summed E-state index contributed by atoms with van der Waals surface area (Å²) < 4.78 is 22.2. The van der Waals surface area contributed by atoms with E-state index in [2.05, 4.69) is 6.07 Å². The molecule has 0 saturated heterocycles. The van der Waals surface area contributed by atoms with Crippen molar-refractivity contribution < 1.29 is 8.42 Å². The van der Waals surface area contributed by atoms with Gasteiger partial charge in [0.05, 0.1) is 4.75 Å². The van der Waals surface area contributed by atoms with E-state index in [4.69, 9.17) is 10.7 Å². The van der Waals surface area contributed by atoms with Gasteiger partial charge in [-0.1, -0.05) is 18.2 Å². The van der Waals surface area contributed by atoms with E-state index in [0.29, 0.717) is 19.3 Å². The highest BCUT2D eigenvalue weighted by Crippen LogP contribution is 2.48. The number of halogens is 1. The van der Waals surface area contributed by atoms with Gasteiger partial charge in [-0.05, 0) is 49.8 Å². The third-order valence-corrected chi connectivity index (χ3v) is 5.99. The molecule has 0 heterocycles. The number of rotatable bonds is 3.